The fraction of sp³-hybridized carbons (Fsp3) is 0.316. The van der Waals surface area contributed by atoms with Crippen LogP contribution in [0.4, 0.5) is 5.69 Å². The van der Waals surface area contributed by atoms with Crippen LogP contribution in [0, 0.1) is 5.92 Å². The zero-order valence-electron chi connectivity index (χ0n) is 14.3. The van der Waals surface area contributed by atoms with E-state index in [1.165, 1.54) is 28.6 Å². The number of thioether (sulfide) groups is 1. The molecule has 2 heterocycles. The van der Waals surface area contributed by atoms with E-state index >= 15 is 0 Å². The van der Waals surface area contributed by atoms with Crippen LogP contribution in [0.15, 0.2) is 40.1 Å². The van der Waals surface area contributed by atoms with E-state index in [9.17, 15) is 4.79 Å². The second-order valence-corrected chi connectivity index (χ2v) is 9.43. The van der Waals surface area contributed by atoms with Gasteiger partial charge in [-0.3, -0.25) is 4.79 Å². The lowest BCUT2D eigenvalue weighted by Crippen LogP contribution is -2.14. The summed E-state index contributed by atoms with van der Waals surface area (Å²) < 4.78 is 0.879. The third kappa shape index (κ3) is 3.66. The Morgan fingerprint density at radius 3 is 3.08 bits per heavy atom. The van der Waals surface area contributed by atoms with Crippen LogP contribution in [0.2, 0.25) is 0 Å². The van der Waals surface area contributed by atoms with Crippen molar-refractivity contribution in [1.29, 1.82) is 0 Å². The molecule has 0 bridgehead atoms. The Morgan fingerprint density at radius 2 is 2.23 bits per heavy atom. The van der Waals surface area contributed by atoms with Gasteiger partial charge in [-0.1, -0.05) is 30.8 Å². The zero-order valence-corrected chi connectivity index (χ0v) is 17.5. The molecule has 3 aromatic rings. The van der Waals surface area contributed by atoms with Crippen molar-refractivity contribution in [3.63, 3.8) is 0 Å². The molecule has 0 saturated carbocycles. The number of nitrogens with zero attached hydrogens (tertiary/aromatic N) is 2. The van der Waals surface area contributed by atoms with E-state index in [4.69, 9.17) is 0 Å². The quantitative estimate of drug-likeness (QED) is 0.434. The summed E-state index contributed by atoms with van der Waals surface area (Å²) >= 11 is 6.73. The van der Waals surface area contributed by atoms with Crippen molar-refractivity contribution in [2.45, 2.75) is 31.2 Å². The molecule has 1 aliphatic rings. The number of hydrogen-bond acceptors (Lipinski definition) is 5. The topological polar surface area (TPSA) is 54.9 Å². The number of halogens is 1. The number of nitrogens with one attached hydrogen (secondary N) is 1. The summed E-state index contributed by atoms with van der Waals surface area (Å²) in [4.78, 5) is 23.8. The van der Waals surface area contributed by atoms with Crippen LogP contribution in [0.3, 0.4) is 0 Å². The molecule has 1 unspecified atom stereocenters. The number of fused-ring (bicyclic) bond motifs is 3. The molecule has 1 amide bonds. The zero-order chi connectivity index (χ0) is 18.1. The van der Waals surface area contributed by atoms with E-state index in [-0.39, 0.29) is 5.91 Å². The Labute approximate surface area is 169 Å². The van der Waals surface area contributed by atoms with Crippen LogP contribution >= 0.6 is 39.0 Å². The first-order valence-electron chi connectivity index (χ1n) is 8.54. The van der Waals surface area contributed by atoms with Crippen molar-refractivity contribution in [1.82, 2.24) is 9.97 Å². The van der Waals surface area contributed by atoms with Crippen LogP contribution in [0.1, 0.15) is 23.8 Å². The summed E-state index contributed by atoms with van der Waals surface area (Å²) in [5, 5.41) is 5.03. The van der Waals surface area contributed by atoms with Crippen molar-refractivity contribution in [2.75, 3.05) is 11.1 Å². The first-order valence-corrected chi connectivity index (χ1v) is 11.1. The number of aromatic nitrogens is 2. The standard InChI is InChI=1S/C19H18BrN3OS2/c1-11-6-7-12-15(8-11)26-19-17(12)18(21-10-22-19)25-9-16(24)23-14-5-3-2-4-13(14)20/h2-5,10-11H,6-9H2,1H3,(H,23,24). The number of carbonyl (C=O) groups is 1. The Hall–Kier alpha value is -1.44. The van der Waals surface area contributed by atoms with E-state index in [2.05, 4.69) is 38.1 Å². The number of carbonyl (C=O) groups excluding carboxylic acids is 1. The largest absolute Gasteiger partial charge is 0.324 e. The summed E-state index contributed by atoms with van der Waals surface area (Å²) in [5.74, 6) is 1.02. The first-order chi connectivity index (χ1) is 12.6. The highest BCUT2D eigenvalue weighted by molar-refractivity contribution is 9.10. The Morgan fingerprint density at radius 1 is 1.38 bits per heavy atom. The molecule has 2 aromatic heterocycles. The molecule has 4 rings (SSSR count). The molecular weight excluding hydrogens is 430 g/mol. The molecule has 1 atom stereocenters. The summed E-state index contributed by atoms with van der Waals surface area (Å²) in [6.45, 7) is 2.31. The van der Waals surface area contributed by atoms with Gasteiger partial charge in [-0.05, 0) is 58.8 Å². The maximum absolute atomic E-state index is 12.4. The smallest absolute Gasteiger partial charge is 0.234 e. The fourth-order valence-corrected chi connectivity index (χ4v) is 5.86. The molecule has 7 heteroatoms. The Balaban J connectivity index is 1.52. The average molecular weight is 448 g/mol. The molecule has 1 aromatic carbocycles. The van der Waals surface area contributed by atoms with Gasteiger partial charge in [-0.25, -0.2) is 9.97 Å². The minimum atomic E-state index is -0.0358. The molecule has 1 aliphatic carbocycles. The lowest BCUT2D eigenvalue weighted by Gasteiger charge is -2.18. The van der Waals surface area contributed by atoms with E-state index in [1.807, 2.05) is 24.3 Å². The number of amides is 1. The summed E-state index contributed by atoms with van der Waals surface area (Å²) in [7, 11) is 0. The van der Waals surface area contributed by atoms with Crippen molar-refractivity contribution < 1.29 is 4.79 Å². The SMILES string of the molecule is CC1CCc2c(sc3ncnc(SCC(=O)Nc4ccccc4Br)c23)C1. The van der Waals surface area contributed by atoms with Crippen molar-refractivity contribution in [3.05, 3.63) is 45.5 Å². The molecule has 0 radical (unpaired) electrons. The molecule has 1 N–H and O–H groups in total. The monoisotopic (exact) mass is 447 g/mol. The number of hydrogen-bond donors (Lipinski definition) is 1. The van der Waals surface area contributed by atoms with E-state index in [0.29, 0.717) is 5.75 Å². The van der Waals surface area contributed by atoms with Crippen LogP contribution < -0.4 is 5.32 Å². The number of anilines is 1. The van der Waals surface area contributed by atoms with Crippen LogP contribution in [-0.2, 0) is 17.6 Å². The van der Waals surface area contributed by atoms with Crippen molar-refractivity contribution in [3.8, 4) is 0 Å². The first kappa shape index (κ1) is 17.9. The number of rotatable bonds is 4. The molecular formula is C19H18BrN3OS2. The highest BCUT2D eigenvalue weighted by Gasteiger charge is 2.23. The van der Waals surface area contributed by atoms with E-state index < -0.39 is 0 Å². The van der Waals surface area contributed by atoms with Gasteiger partial charge in [-0.15, -0.1) is 11.3 Å². The van der Waals surface area contributed by atoms with Gasteiger partial charge in [0, 0.05) is 14.7 Å². The van der Waals surface area contributed by atoms with E-state index in [0.717, 1.165) is 44.2 Å². The number of benzene rings is 1. The number of para-hydroxylation sites is 1. The van der Waals surface area contributed by atoms with Gasteiger partial charge >= 0.3 is 0 Å². The highest BCUT2D eigenvalue weighted by Crippen LogP contribution is 2.40. The summed E-state index contributed by atoms with van der Waals surface area (Å²) in [6, 6.07) is 7.62. The Kier molecular flexibility index (Phi) is 5.29. The minimum Gasteiger partial charge on any atom is -0.324 e. The Bertz CT molecular complexity index is 973. The average Bonchev–Trinajstić information content (AvgIpc) is 3.00. The second-order valence-electron chi connectivity index (χ2n) is 6.53. The van der Waals surface area contributed by atoms with Crippen molar-refractivity contribution >= 4 is 60.8 Å². The molecule has 0 saturated heterocycles. The van der Waals surface area contributed by atoms with Gasteiger partial charge in [-0.2, -0.15) is 0 Å². The highest BCUT2D eigenvalue weighted by atomic mass is 79.9. The summed E-state index contributed by atoms with van der Waals surface area (Å²) in [6.07, 6.45) is 5.03. The van der Waals surface area contributed by atoms with Gasteiger partial charge in [0.05, 0.1) is 11.4 Å². The number of aryl methyl sites for hydroxylation is 1. The van der Waals surface area contributed by atoms with E-state index in [1.54, 1.807) is 17.7 Å². The number of thiophene rings is 1. The third-order valence-electron chi connectivity index (χ3n) is 4.54. The second kappa shape index (κ2) is 7.66. The van der Waals surface area contributed by atoms with Gasteiger partial charge in [0.15, 0.2) is 0 Å². The van der Waals surface area contributed by atoms with Gasteiger partial charge < -0.3 is 5.32 Å². The van der Waals surface area contributed by atoms with Crippen molar-refractivity contribution in [2.24, 2.45) is 5.92 Å². The van der Waals surface area contributed by atoms with Crippen LogP contribution in [-0.4, -0.2) is 21.6 Å². The molecule has 134 valence electrons. The van der Waals surface area contributed by atoms with Gasteiger partial charge in [0.25, 0.3) is 0 Å². The van der Waals surface area contributed by atoms with Gasteiger partial charge in [0.2, 0.25) is 5.91 Å². The molecule has 0 fully saturated rings. The molecule has 4 nitrogen and oxygen atoms in total. The molecule has 26 heavy (non-hydrogen) atoms. The summed E-state index contributed by atoms with van der Waals surface area (Å²) in [5.41, 5.74) is 2.19. The predicted molar refractivity (Wildman–Crippen MR) is 112 cm³/mol. The van der Waals surface area contributed by atoms with Crippen LogP contribution in [0.25, 0.3) is 10.2 Å². The lowest BCUT2D eigenvalue weighted by molar-refractivity contribution is -0.113. The third-order valence-corrected chi connectivity index (χ3v) is 7.39. The fourth-order valence-electron chi connectivity index (χ4n) is 3.24. The van der Waals surface area contributed by atoms with Gasteiger partial charge in [0.1, 0.15) is 16.2 Å². The maximum atomic E-state index is 12.4. The lowest BCUT2D eigenvalue weighted by atomic mass is 9.89. The normalized spacial score (nSPS) is 16.5. The van der Waals surface area contributed by atoms with Crippen LogP contribution in [0.5, 0.6) is 0 Å². The molecule has 0 spiro atoms. The molecule has 0 aliphatic heterocycles. The maximum Gasteiger partial charge on any atom is 0.234 e. The minimum absolute atomic E-state index is 0.0358. The predicted octanol–water partition coefficient (Wildman–Crippen LogP) is 5.31.